The Morgan fingerprint density at radius 3 is 2.56 bits per heavy atom. The van der Waals surface area contributed by atoms with Gasteiger partial charge in [0.05, 0.1) is 20.3 Å². The molecule has 10 heteroatoms. The smallest absolute Gasteiger partial charge is 0.254 e. The van der Waals surface area contributed by atoms with Gasteiger partial charge >= 0.3 is 0 Å². The lowest BCUT2D eigenvalue weighted by atomic mass is 10.1. The van der Waals surface area contributed by atoms with E-state index in [9.17, 15) is 18.0 Å². The van der Waals surface area contributed by atoms with E-state index in [0.29, 0.717) is 43.1 Å². The van der Waals surface area contributed by atoms with Crippen LogP contribution < -0.4 is 14.8 Å². The number of rotatable bonds is 7. The van der Waals surface area contributed by atoms with Gasteiger partial charge in [0.25, 0.3) is 5.91 Å². The first-order valence-corrected chi connectivity index (χ1v) is 11.4. The highest BCUT2D eigenvalue weighted by molar-refractivity contribution is 7.89. The Morgan fingerprint density at radius 2 is 1.88 bits per heavy atom. The molecule has 2 N–H and O–H groups in total. The Labute approximate surface area is 187 Å². The molecule has 170 valence electrons. The average Bonchev–Trinajstić information content (AvgIpc) is 2.82. The SMILES string of the molecule is CNS(=O)(=O)c1cc(C=CC(=O)Nc2cccc(C(=O)N3CCOCC3)c2)ccc1OC. The van der Waals surface area contributed by atoms with Crippen LogP contribution in [0.15, 0.2) is 53.4 Å². The number of carbonyl (C=O) groups excluding carboxylic acids is 2. The first-order chi connectivity index (χ1) is 15.3. The number of carbonyl (C=O) groups is 2. The van der Waals surface area contributed by atoms with Crippen molar-refractivity contribution >= 4 is 33.6 Å². The van der Waals surface area contributed by atoms with Gasteiger partial charge < -0.3 is 19.7 Å². The highest BCUT2D eigenvalue weighted by Gasteiger charge is 2.19. The van der Waals surface area contributed by atoms with Crippen molar-refractivity contribution in [3.05, 3.63) is 59.7 Å². The van der Waals surface area contributed by atoms with Gasteiger partial charge in [-0.05, 0) is 49.0 Å². The number of nitrogens with zero attached hydrogens (tertiary/aromatic N) is 1. The van der Waals surface area contributed by atoms with Crippen LogP contribution in [0, 0.1) is 0 Å². The molecule has 2 aromatic rings. The van der Waals surface area contributed by atoms with Gasteiger partial charge in [0.15, 0.2) is 0 Å². The predicted octanol–water partition coefficient (Wildman–Crippen LogP) is 1.73. The van der Waals surface area contributed by atoms with Crippen molar-refractivity contribution in [1.29, 1.82) is 0 Å². The van der Waals surface area contributed by atoms with E-state index in [0.717, 1.165) is 0 Å². The number of hydrogen-bond donors (Lipinski definition) is 2. The summed E-state index contributed by atoms with van der Waals surface area (Å²) in [6.45, 7) is 2.09. The third-order valence-electron chi connectivity index (χ3n) is 4.85. The summed E-state index contributed by atoms with van der Waals surface area (Å²) >= 11 is 0. The summed E-state index contributed by atoms with van der Waals surface area (Å²) < 4.78 is 37.0. The molecule has 1 aliphatic rings. The van der Waals surface area contributed by atoms with Crippen LogP contribution in [-0.2, 0) is 19.6 Å². The molecule has 1 fully saturated rings. The Hall–Kier alpha value is -3.21. The van der Waals surface area contributed by atoms with E-state index >= 15 is 0 Å². The van der Waals surface area contributed by atoms with Crippen molar-refractivity contribution < 1.29 is 27.5 Å². The van der Waals surface area contributed by atoms with Gasteiger partial charge in [-0.25, -0.2) is 13.1 Å². The molecule has 0 bridgehead atoms. The molecule has 1 aliphatic heterocycles. The van der Waals surface area contributed by atoms with Crippen LogP contribution in [0.1, 0.15) is 15.9 Å². The molecule has 2 amide bonds. The summed E-state index contributed by atoms with van der Waals surface area (Å²) in [5, 5.41) is 2.71. The zero-order chi connectivity index (χ0) is 23.1. The highest BCUT2D eigenvalue weighted by Crippen LogP contribution is 2.25. The quantitative estimate of drug-likeness (QED) is 0.610. The molecular weight excluding hydrogens is 434 g/mol. The highest BCUT2D eigenvalue weighted by atomic mass is 32.2. The number of morpholine rings is 1. The van der Waals surface area contributed by atoms with Crippen molar-refractivity contribution in [3.63, 3.8) is 0 Å². The maximum Gasteiger partial charge on any atom is 0.254 e. The minimum atomic E-state index is -3.73. The van der Waals surface area contributed by atoms with Crippen LogP contribution in [0.5, 0.6) is 5.75 Å². The largest absolute Gasteiger partial charge is 0.495 e. The normalized spacial score (nSPS) is 14.4. The van der Waals surface area contributed by atoms with Gasteiger partial charge in [0, 0.05) is 30.4 Å². The van der Waals surface area contributed by atoms with E-state index in [4.69, 9.17) is 9.47 Å². The van der Waals surface area contributed by atoms with E-state index in [-0.39, 0.29) is 16.6 Å². The first-order valence-electron chi connectivity index (χ1n) is 9.92. The maximum absolute atomic E-state index is 12.6. The lowest BCUT2D eigenvalue weighted by molar-refractivity contribution is -0.111. The van der Waals surface area contributed by atoms with Gasteiger partial charge in [-0.3, -0.25) is 9.59 Å². The third kappa shape index (κ3) is 5.72. The van der Waals surface area contributed by atoms with Crippen LogP contribution in [0.25, 0.3) is 6.08 Å². The number of hydrogen-bond acceptors (Lipinski definition) is 6. The second-order valence-electron chi connectivity index (χ2n) is 6.93. The number of sulfonamides is 1. The monoisotopic (exact) mass is 459 g/mol. The molecule has 0 aromatic heterocycles. The topological polar surface area (TPSA) is 114 Å². The standard InChI is InChI=1S/C22H25N3O6S/c1-23-32(28,29)20-14-16(6-8-19(20)30-2)7-9-21(26)24-18-5-3-4-17(15-18)22(27)25-10-12-31-13-11-25/h3-9,14-15,23H,10-13H2,1-2H3,(H,24,26). The lowest BCUT2D eigenvalue weighted by Crippen LogP contribution is -2.40. The van der Waals surface area contributed by atoms with E-state index in [1.165, 1.54) is 38.4 Å². The summed E-state index contributed by atoms with van der Waals surface area (Å²) in [6.07, 6.45) is 2.78. The minimum absolute atomic E-state index is 0.0283. The van der Waals surface area contributed by atoms with Gasteiger partial charge in [-0.2, -0.15) is 0 Å². The molecule has 32 heavy (non-hydrogen) atoms. The van der Waals surface area contributed by atoms with Crippen LogP contribution >= 0.6 is 0 Å². The van der Waals surface area contributed by atoms with Crippen LogP contribution in [-0.4, -0.2) is 65.6 Å². The van der Waals surface area contributed by atoms with E-state index in [1.807, 2.05) is 0 Å². The van der Waals surface area contributed by atoms with Gasteiger partial charge in [0.2, 0.25) is 15.9 Å². The fourth-order valence-corrected chi connectivity index (χ4v) is 4.08. The second kappa shape index (κ2) is 10.4. The average molecular weight is 460 g/mol. The summed E-state index contributed by atoms with van der Waals surface area (Å²) in [5.74, 6) is -0.339. The molecule has 0 atom stereocenters. The number of methoxy groups -OCH3 is 1. The molecule has 1 saturated heterocycles. The molecular formula is C22H25N3O6S. The molecule has 0 aliphatic carbocycles. The van der Waals surface area contributed by atoms with Gasteiger partial charge in [-0.1, -0.05) is 12.1 Å². The zero-order valence-corrected chi connectivity index (χ0v) is 18.6. The maximum atomic E-state index is 12.6. The van der Waals surface area contributed by atoms with Crippen molar-refractivity contribution in [2.75, 3.05) is 45.8 Å². The molecule has 2 aromatic carbocycles. The molecule has 0 radical (unpaired) electrons. The van der Waals surface area contributed by atoms with E-state index < -0.39 is 15.9 Å². The third-order valence-corrected chi connectivity index (χ3v) is 6.28. The van der Waals surface area contributed by atoms with E-state index in [2.05, 4.69) is 10.0 Å². The Morgan fingerprint density at radius 1 is 1.12 bits per heavy atom. The van der Waals surface area contributed by atoms with Crippen LogP contribution in [0.2, 0.25) is 0 Å². The second-order valence-corrected chi connectivity index (χ2v) is 8.78. The van der Waals surface area contributed by atoms with Crippen molar-refractivity contribution in [3.8, 4) is 5.75 Å². The fraction of sp³-hybridized carbons (Fsp3) is 0.273. The molecule has 0 unspecified atom stereocenters. The van der Waals surface area contributed by atoms with Gasteiger partial charge in [-0.15, -0.1) is 0 Å². The molecule has 1 heterocycles. The fourth-order valence-electron chi connectivity index (χ4n) is 3.15. The Balaban J connectivity index is 1.71. The Kier molecular flexibility index (Phi) is 7.62. The van der Waals surface area contributed by atoms with Crippen LogP contribution in [0.3, 0.4) is 0 Å². The number of amides is 2. The molecule has 3 rings (SSSR count). The van der Waals surface area contributed by atoms with Crippen molar-refractivity contribution in [2.24, 2.45) is 0 Å². The summed E-state index contributed by atoms with van der Waals surface area (Å²) in [4.78, 5) is 26.7. The van der Waals surface area contributed by atoms with Crippen molar-refractivity contribution in [2.45, 2.75) is 4.90 Å². The molecule has 0 spiro atoms. The predicted molar refractivity (Wildman–Crippen MR) is 120 cm³/mol. The number of anilines is 1. The summed E-state index contributed by atoms with van der Waals surface area (Å²) in [7, 11) is -1.04. The van der Waals surface area contributed by atoms with Gasteiger partial charge in [0.1, 0.15) is 10.6 Å². The number of ether oxygens (including phenoxy) is 2. The summed E-state index contributed by atoms with van der Waals surface area (Å²) in [5.41, 5.74) is 1.46. The molecule has 0 saturated carbocycles. The Bertz CT molecular complexity index is 1120. The van der Waals surface area contributed by atoms with Crippen LogP contribution in [0.4, 0.5) is 5.69 Å². The number of benzene rings is 2. The molecule has 9 nitrogen and oxygen atoms in total. The zero-order valence-electron chi connectivity index (χ0n) is 17.8. The minimum Gasteiger partial charge on any atom is -0.495 e. The number of nitrogens with one attached hydrogen (secondary N) is 2. The lowest BCUT2D eigenvalue weighted by Gasteiger charge is -2.27. The van der Waals surface area contributed by atoms with Crippen molar-refractivity contribution in [1.82, 2.24) is 9.62 Å². The van der Waals surface area contributed by atoms with E-state index in [1.54, 1.807) is 35.2 Å². The first kappa shape index (κ1) is 23.5. The summed E-state index contributed by atoms with van der Waals surface area (Å²) in [6, 6.07) is 11.3.